The van der Waals surface area contributed by atoms with Gasteiger partial charge in [-0.2, -0.15) is 0 Å². The number of aliphatic hydroxyl groups excluding tert-OH is 4. The van der Waals surface area contributed by atoms with Crippen LogP contribution in [0, 0.1) is 0 Å². The van der Waals surface area contributed by atoms with Gasteiger partial charge in [0.2, 0.25) is 0 Å². The van der Waals surface area contributed by atoms with Gasteiger partial charge >= 0.3 is 0 Å². The molecule has 1 fully saturated rings. The Bertz CT molecular complexity index is 794. The van der Waals surface area contributed by atoms with E-state index in [1.165, 1.54) is 17.2 Å². The van der Waals surface area contributed by atoms with E-state index in [9.17, 15) is 15.3 Å². The highest BCUT2D eigenvalue weighted by atomic mass is 16.6. The van der Waals surface area contributed by atoms with Gasteiger partial charge in [0.25, 0.3) is 0 Å². The van der Waals surface area contributed by atoms with Gasteiger partial charge in [-0.25, -0.2) is 15.0 Å². The average molecular weight is 365 g/mol. The minimum atomic E-state index is -1.22. The van der Waals surface area contributed by atoms with Crippen LogP contribution in [0.4, 0.5) is 5.82 Å². The third-order valence-electron chi connectivity index (χ3n) is 4.30. The number of nitrogens with one attached hydrogen (secondary N) is 1. The van der Waals surface area contributed by atoms with E-state index < -0.39 is 31.1 Å². The SMILES string of the molecule is C/C(=C/[C@H](C)Nc1ncnc2c1ncn2[C@@H]1O[C@H](CO)[C@@H](O)[C@H]1O)CO. The van der Waals surface area contributed by atoms with Crippen LogP contribution in [-0.4, -0.2) is 77.5 Å². The molecule has 2 aromatic heterocycles. The Kier molecular flexibility index (Phi) is 5.49. The molecule has 0 spiro atoms. The molecule has 0 saturated carbocycles. The minimum Gasteiger partial charge on any atom is -0.394 e. The molecule has 3 rings (SSSR count). The number of fused-ring (bicyclic) bond motifs is 1. The Balaban J connectivity index is 1.90. The largest absolute Gasteiger partial charge is 0.394 e. The summed E-state index contributed by atoms with van der Waals surface area (Å²) in [5.41, 5.74) is 1.73. The van der Waals surface area contributed by atoms with Gasteiger partial charge in [-0.3, -0.25) is 4.57 Å². The van der Waals surface area contributed by atoms with Crippen molar-refractivity contribution in [3.63, 3.8) is 0 Å². The van der Waals surface area contributed by atoms with Crippen LogP contribution >= 0.6 is 0 Å². The molecule has 26 heavy (non-hydrogen) atoms. The van der Waals surface area contributed by atoms with E-state index in [4.69, 9.17) is 9.84 Å². The zero-order valence-corrected chi connectivity index (χ0v) is 14.5. The summed E-state index contributed by atoms with van der Waals surface area (Å²) >= 11 is 0. The fourth-order valence-corrected chi connectivity index (χ4v) is 2.99. The molecule has 1 saturated heterocycles. The van der Waals surface area contributed by atoms with Gasteiger partial charge in [-0.1, -0.05) is 11.6 Å². The number of nitrogens with zero attached hydrogens (tertiary/aromatic N) is 4. The molecule has 2 aromatic rings. The van der Waals surface area contributed by atoms with Gasteiger partial charge in [-0.05, 0) is 13.8 Å². The van der Waals surface area contributed by atoms with E-state index in [0.29, 0.717) is 17.0 Å². The average Bonchev–Trinajstić information content (AvgIpc) is 3.17. The van der Waals surface area contributed by atoms with Gasteiger partial charge in [0.15, 0.2) is 23.2 Å². The topological polar surface area (TPSA) is 146 Å². The number of ether oxygens (including phenoxy) is 1. The number of rotatable bonds is 6. The third kappa shape index (κ3) is 3.41. The molecule has 10 heteroatoms. The van der Waals surface area contributed by atoms with Crippen LogP contribution in [0.15, 0.2) is 24.3 Å². The normalized spacial score (nSPS) is 27.8. The van der Waals surface area contributed by atoms with E-state index in [0.717, 1.165) is 5.57 Å². The lowest BCUT2D eigenvalue weighted by Crippen LogP contribution is -2.33. The van der Waals surface area contributed by atoms with Crippen LogP contribution < -0.4 is 5.32 Å². The fraction of sp³-hybridized carbons (Fsp3) is 0.562. The van der Waals surface area contributed by atoms with Gasteiger partial charge in [0.05, 0.1) is 19.5 Å². The summed E-state index contributed by atoms with van der Waals surface area (Å²) in [5.74, 6) is 0.495. The van der Waals surface area contributed by atoms with Gasteiger partial charge in [0.1, 0.15) is 24.6 Å². The zero-order valence-electron chi connectivity index (χ0n) is 14.5. The predicted octanol–water partition coefficient (Wildman–Crippen LogP) is -0.823. The molecule has 3 heterocycles. The Morgan fingerprint density at radius 1 is 1.31 bits per heavy atom. The predicted molar refractivity (Wildman–Crippen MR) is 92.3 cm³/mol. The van der Waals surface area contributed by atoms with Crippen LogP contribution in [-0.2, 0) is 4.74 Å². The molecule has 0 amide bonds. The lowest BCUT2D eigenvalue weighted by molar-refractivity contribution is -0.0511. The summed E-state index contributed by atoms with van der Waals surface area (Å²) in [6.45, 7) is 3.31. The van der Waals surface area contributed by atoms with E-state index in [1.807, 2.05) is 19.9 Å². The highest BCUT2D eigenvalue weighted by Crippen LogP contribution is 2.32. The minimum absolute atomic E-state index is 0.0227. The first-order chi connectivity index (χ1) is 12.5. The second-order valence-electron chi connectivity index (χ2n) is 6.38. The molecule has 1 aliphatic heterocycles. The number of imidazole rings is 1. The van der Waals surface area contributed by atoms with Gasteiger partial charge < -0.3 is 30.5 Å². The summed E-state index contributed by atoms with van der Waals surface area (Å²) < 4.78 is 7.04. The summed E-state index contributed by atoms with van der Waals surface area (Å²) in [7, 11) is 0. The maximum Gasteiger partial charge on any atom is 0.167 e. The third-order valence-corrected chi connectivity index (χ3v) is 4.30. The summed E-state index contributed by atoms with van der Waals surface area (Å²) in [4.78, 5) is 12.7. The van der Waals surface area contributed by atoms with Crippen molar-refractivity contribution >= 4 is 17.0 Å². The molecular formula is C16H23N5O5. The molecule has 0 aliphatic carbocycles. The van der Waals surface area contributed by atoms with Crippen molar-refractivity contribution in [2.24, 2.45) is 0 Å². The highest BCUT2D eigenvalue weighted by molar-refractivity contribution is 5.82. The van der Waals surface area contributed by atoms with Crippen molar-refractivity contribution in [2.45, 2.75) is 44.4 Å². The van der Waals surface area contributed by atoms with Crippen LogP contribution in [0.5, 0.6) is 0 Å². The second-order valence-corrected chi connectivity index (χ2v) is 6.38. The maximum absolute atomic E-state index is 10.2. The number of hydrogen-bond donors (Lipinski definition) is 5. The van der Waals surface area contributed by atoms with E-state index in [-0.39, 0.29) is 12.6 Å². The number of anilines is 1. The van der Waals surface area contributed by atoms with E-state index in [1.54, 1.807) is 0 Å². The first kappa shape index (κ1) is 18.7. The molecule has 5 N–H and O–H groups in total. The van der Waals surface area contributed by atoms with E-state index >= 15 is 0 Å². The van der Waals surface area contributed by atoms with Gasteiger partial charge in [0, 0.05) is 6.04 Å². The van der Waals surface area contributed by atoms with Crippen molar-refractivity contribution in [1.29, 1.82) is 0 Å². The standard InChI is InChI=1S/C16H23N5O5/c1-8(4-22)3-9(2)20-14-11-15(18-6-17-14)21(7-19-11)16-13(25)12(24)10(5-23)26-16/h3,6-7,9-10,12-13,16,22-25H,4-5H2,1-2H3,(H,17,18,20)/b8-3-/t9-,10+,12+,13+,16+/m0/s1. The molecule has 1 aliphatic rings. The summed E-state index contributed by atoms with van der Waals surface area (Å²) in [5, 5.41) is 41.7. The monoisotopic (exact) mass is 365 g/mol. The van der Waals surface area contributed by atoms with Crippen LogP contribution in [0.3, 0.4) is 0 Å². The number of aromatic nitrogens is 4. The Morgan fingerprint density at radius 2 is 2.08 bits per heavy atom. The van der Waals surface area contributed by atoms with Crippen LogP contribution in [0.2, 0.25) is 0 Å². The van der Waals surface area contributed by atoms with Gasteiger partial charge in [-0.15, -0.1) is 0 Å². The molecule has 142 valence electrons. The lowest BCUT2D eigenvalue weighted by Gasteiger charge is -2.16. The molecule has 5 atom stereocenters. The second kappa shape index (κ2) is 7.64. The number of hydrogen-bond acceptors (Lipinski definition) is 9. The van der Waals surface area contributed by atoms with Crippen molar-refractivity contribution in [3.05, 3.63) is 24.3 Å². The fourth-order valence-electron chi connectivity index (χ4n) is 2.99. The quantitative estimate of drug-likeness (QED) is 0.414. The smallest absolute Gasteiger partial charge is 0.167 e. The number of aliphatic hydroxyl groups is 4. The Morgan fingerprint density at radius 3 is 2.73 bits per heavy atom. The van der Waals surface area contributed by atoms with Crippen LogP contribution in [0.25, 0.3) is 11.2 Å². The molecule has 10 nitrogen and oxygen atoms in total. The van der Waals surface area contributed by atoms with Crippen molar-refractivity contribution < 1.29 is 25.2 Å². The lowest BCUT2D eigenvalue weighted by atomic mass is 10.1. The molecule has 0 bridgehead atoms. The summed E-state index contributed by atoms with van der Waals surface area (Å²) in [6.07, 6.45) is 0.474. The van der Waals surface area contributed by atoms with Crippen molar-refractivity contribution in [2.75, 3.05) is 18.5 Å². The molecule has 0 aromatic carbocycles. The Labute approximate surface area is 149 Å². The van der Waals surface area contributed by atoms with Crippen molar-refractivity contribution in [3.8, 4) is 0 Å². The van der Waals surface area contributed by atoms with Crippen molar-refractivity contribution in [1.82, 2.24) is 19.5 Å². The first-order valence-corrected chi connectivity index (χ1v) is 8.31. The maximum atomic E-state index is 10.2. The summed E-state index contributed by atoms with van der Waals surface area (Å²) in [6, 6.07) is -0.0979. The Hall–Kier alpha value is -2.11. The first-order valence-electron chi connectivity index (χ1n) is 8.31. The highest BCUT2D eigenvalue weighted by Gasteiger charge is 2.44. The van der Waals surface area contributed by atoms with E-state index in [2.05, 4.69) is 20.3 Å². The molecule has 0 radical (unpaired) electrons. The van der Waals surface area contributed by atoms with Crippen LogP contribution in [0.1, 0.15) is 20.1 Å². The molecular weight excluding hydrogens is 342 g/mol. The zero-order chi connectivity index (χ0) is 18.8. The molecule has 0 unspecified atom stereocenters.